The Morgan fingerprint density at radius 2 is 1.59 bits per heavy atom. The summed E-state index contributed by atoms with van der Waals surface area (Å²) in [6.07, 6.45) is 1.89. The Kier molecular flexibility index (Phi) is 5.72. The second-order valence-corrected chi connectivity index (χ2v) is 4.74. The van der Waals surface area contributed by atoms with Gasteiger partial charge in [-0.05, 0) is 30.7 Å². The quantitative estimate of drug-likeness (QED) is 0.461. The summed E-state index contributed by atoms with van der Waals surface area (Å²) in [7, 11) is 0. The molecule has 4 heteroatoms. The average molecular weight is 298 g/mol. The van der Waals surface area contributed by atoms with Crippen LogP contribution in [0.2, 0.25) is 0 Å². The third-order valence-corrected chi connectivity index (χ3v) is 3.06. The molecule has 2 aromatic rings. The zero-order valence-corrected chi connectivity index (χ0v) is 12.5. The van der Waals surface area contributed by atoms with Gasteiger partial charge in [0.25, 0.3) is 0 Å². The molecule has 0 saturated heterocycles. The highest BCUT2D eigenvalue weighted by Gasteiger charge is 2.18. The predicted octanol–water partition coefficient (Wildman–Crippen LogP) is 3.86. The fourth-order valence-corrected chi connectivity index (χ4v) is 1.86. The molecule has 0 aromatic heterocycles. The minimum Gasteiger partial charge on any atom is -0.493 e. The third kappa shape index (κ3) is 4.19. The highest BCUT2D eigenvalue weighted by Crippen LogP contribution is 2.20. The van der Waals surface area contributed by atoms with Gasteiger partial charge in [-0.3, -0.25) is 0 Å². The van der Waals surface area contributed by atoms with Gasteiger partial charge in [0.15, 0.2) is 0 Å². The molecule has 0 aliphatic carbocycles. The maximum atomic E-state index is 12.2. The summed E-state index contributed by atoms with van der Waals surface area (Å²) in [6, 6.07) is 15.2. The second kappa shape index (κ2) is 7.98. The predicted molar refractivity (Wildman–Crippen MR) is 83.0 cm³/mol. The zero-order chi connectivity index (χ0) is 15.8. The number of unbranched alkanes of at least 4 members (excludes halogenated alkanes) is 1. The van der Waals surface area contributed by atoms with Gasteiger partial charge in [0, 0.05) is 0 Å². The molecule has 0 bridgehead atoms. The van der Waals surface area contributed by atoms with Crippen molar-refractivity contribution in [2.24, 2.45) is 0 Å². The molecule has 0 aliphatic heterocycles. The number of hydrogen-bond donors (Lipinski definition) is 0. The number of ether oxygens (including phenoxy) is 2. The fourth-order valence-electron chi connectivity index (χ4n) is 1.86. The number of hydrogen-bond acceptors (Lipinski definition) is 4. The SMILES string of the molecule is CCCCOc1ccccc1C(=O)OC(=O)c1ccccc1. The fraction of sp³-hybridized carbons (Fsp3) is 0.222. The van der Waals surface area contributed by atoms with Crippen molar-refractivity contribution in [3.05, 3.63) is 65.7 Å². The van der Waals surface area contributed by atoms with Crippen LogP contribution in [0, 0.1) is 0 Å². The minimum absolute atomic E-state index is 0.253. The van der Waals surface area contributed by atoms with Crippen LogP contribution in [0.5, 0.6) is 5.75 Å². The van der Waals surface area contributed by atoms with Crippen molar-refractivity contribution in [3.8, 4) is 5.75 Å². The van der Waals surface area contributed by atoms with Gasteiger partial charge in [0.05, 0.1) is 12.2 Å². The van der Waals surface area contributed by atoms with Crippen molar-refractivity contribution in [1.29, 1.82) is 0 Å². The molecule has 0 N–H and O–H groups in total. The molecule has 0 radical (unpaired) electrons. The minimum atomic E-state index is -0.707. The lowest BCUT2D eigenvalue weighted by Gasteiger charge is -2.10. The Hall–Kier alpha value is -2.62. The molecule has 0 aliphatic rings. The van der Waals surface area contributed by atoms with E-state index < -0.39 is 11.9 Å². The lowest BCUT2D eigenvalue weighted by Crippen LogP contribution is -2.14. The maximum Gasteiger partial charge on any atom is 0.349 e. The van der Waals surface area contributed by atoms with E-state index in [4.69, 9.17) is 9.47 Å². The van der Waals surface area contributed by atoms with Crippen molar-refractivity contribution < 1.29 is 19.1 Å². The van der Waals surface area contributed by atoms with Crippen LogP contribution in [0.1, 0.15) is 40.5 Å². The molecule has 0 saturated carbocycles. The number of para-hydroxylation sites is 1. The van der Waals surface area contributed by atoms with Crippen molar-refractivity contribution in [2.45, 2.75) is 19.8 Å². The molecule has 4 nitrogen and oxygen atoms in total. The number of carbonyl (C=O) groups is 2. The van der Waals surface area contributed by atoms with E-state index in [0.29, 0.717) is 17.9 Å². The van der Waals surface area contributed by atoms with Gasteiger partial charge in [-0.15, -0.1) is 0 Å². The van der Waals surface area contributed by atoms with Gasteiger partial charge in [-0.1, -0.05) is 43.7 Å². The van der Waals surface area contributed by atoms with Crippen LogP contribution in [0.4, 0.5) is 0 Å². The lowest BCUT2D eigenvalue weighted by atomic mass is 10.2. The first-order valence-electron chi connectivity index (χ1n) is 7.25. The summed E-state index contributed by atoms with van der Waals surface area (Å²) in [6.45, 7) is 2.58. The highest BCUT2D eigenvalue weighted by atomic mass is 16.6. The Bertz CT molecular complexity index is 635. The van der Waals surface area contributed by atoms with Gasteiger partial charge in [0.2, 0.25) is 0 Å². The monoisotopic (exact) mass is 298 g/mol. The van der Waals surface area contributed by atoms with Gasteiger partial charge in [0.1, 0.15) is 11.3 Å². The topological polar surface area (TPSA) is 52.6 Å². The third-order valence-electron chi connectivity index (χ3n) is 3.06. The summed E-state index contributed by atoms with van der Waals surface area (Å²) in [4.78, 5) is 24.1. The van der Waals surface area contributed by atoms with Crippen LogP contribution in [0.25, 0.3) is 0 Å². The molecule has 0 unspecified atom stereocenters. The Balaban J connectivity index is 2.08. The molecule has 0 fully saturated rings. The van der Waals surface area contributed by atoms with Crippen LogP contribution in [-0.2, 0) is 4.74 Å². The van der Waals surface area contributed by atoms with E-state index in [9.17, 15) is 9.59 Å². The first-order chi connectivity index (χ1) is 10.7. The lowest BCUT2D eigenvalue weighted by molar-refractivity contribution is 0.0395. The van der Waals surface area contributed by atoms with E-state index in [1.807, 2.05) is 0 Å². The van der Waals surface area contributed by atoms with Crippen LogP contribution >= 0.6 is 0 Å². The normalized spacial score (nSPS) is 10.0. The number of benzene rings is 2. The summed E-state index contributed by atoms with van der Waals surface area (Å²) < 4.78 is 10.5. The molecule has 0 amide bonds. The van der Waals surface area contributed by atoms with Crippen molar-refractivity contribution in [1.82, 2.24) is 0 Å². The molecular weight excluding hydrogens is 280 g/mol. The number of carbonyl (C=O) groups excluding carboxylic acids is 2. The van der Waals surface area contributed by atoms with Gasteiger partial charge < -0.3 is 9.47 Å². The molecule has 2 rings (SSSR count). The highest BCUT2D eigenvalue weighted by molar-refractivity contribution is 6.03. The first-order valence-corrected chi connectivity index (χ1v) is 7.25. The maximum absolute atomic E-state index is 12.2. The van der Waals surface area contributed by atoms with E-state index in [1.165, 1.54) is 0 Å². The molecule has 0 atom stereocenters. The average Bonchev–Trinajstić information content (AvgIpc) is 2.56. The number of rotatable bonds is 6. The van der Waals surface area contributed by atoms with Gasteiger partial charge in [-0.25, -0.2) is 9.59 Å². The summed E-state index contributed by atoms with van der Waals surface area (Å²) in [5, 5.41) is 0. The second-order valence-electron chi connectivity index (χ2n) is 4.74. The largest absolute Gasteiger partial charge is 0.493 e. The standard InChI is InChI=1S/C18H18O4/c1-2-3-13-21-16-12-8-7-11-15(16)18(20)22-17(19)14-9-5-4-6-10-14/h4-12H,2-3,13H2,1H3. The van der Waals surface area contributed by atoms with Crippen LogP contribution in [0.3, 0.4) is 0 Å². The molecule has 2 aromatic carbocycles. The van der Waals surface area contributed by atoms with E-state index >= 15 is 0 Å². The first kappa shape index (κ1) is 15.8. The van der Waals surface area contributed by atoms with Crippen molar-refractivity contribution in [3.63, 3.8) is 0 Å². The Labute approximate surface area is 129 Å². The van der Waals surface area contributed by atoms with E-state index in [1.54, 1.807) is 54.6 Å². The van der Waals surface area contributed by atoms with E-state index in [2.05, 4.69) is 6.92 Å². The van der Waals surface area contributed by atoms with Crippen molar-refractivity contribution in [2.75, 3.05) is 6.61 Å². The van der Waals surface area contributed by atoms with Crippen LogP contribution in [-0.4, -0.2) is 18.5 Å². The summed E-state index contributed by atoms with van der Waals surface area (Å²) in [5.74, 6) is -0.947. The van der Waals surface area contributed by atoms with Crippen molar-refractivity contribution >= 4 is 11.9 Å². The molecule has 22 heavy (non-hydrogen) atoms. The van der Waals surface area contributed by atoms with E-state index in [-0.39, 0.29) is 5.56 Å². The smallest absolute Gasteiger partial charge is 0.349 e. The van der Waals surface area contributed by atoms with Gasteiger partial charge in [-0.2, -0.15) is 0 Å². The van der Waals surface area contributed by atoms with Crippen LogP contribution in [0.15, 0.2) is 54.6 Å². The summed E-state index contributed by atoms with van der Waals surface area (Å²) in [5.41, 5.74) is 0.586. The Morgan fingerprint density at radius 1 is 0.909 bits per heavy atom. The molecule has 114 valence electrons. The van der Waals surface area contributed by atoms with Gasteiger partial charge >= 0.3 is 11.9 Å². The number of esters is 2. The van der Waals surface area contributed by atoms with Crippen LogP contribution < -0.4 is 4.74 Å². The molecule has 0 heterocycles. The zero-order valence-electron chi connectivity index (χ0n) is 12.5. The molecule has 0 spiro atoms. The molecular formula is C18H18O4. The Morgan fingerprint density at radius 3 is 2.32 bits per heavy atom. The van der Waals surface area contributed by atoms with E-state index in [0.717, 1.165) is 12.8 Å². The summed E-state index contributed by atoms with van der Waals surface area (Å²) >= 11 is 0.